The van der Waals surface area contributed by atoms with E-state index in [1.807, 2.05) is 39.0 Å². The fraction of sp³-hybridized carbons (Fsp3) is 0.278. The van der Waals surface area contributed by atoms with Gasteiger partial charge in [0, 0.05) is 24.6 Å². The van der Waals surface area contributed by atoms with Gasteiger partial charge in [-0.25, -0.2) is 0 Å². The van der Waals surface area contributed by atoms with Gasteiger partial charge in [0.05, 0.1) is 0 Å². The molecule has 2 amide bonds. The number of hydrogen-bond acceptors (Lipinski definition) is 3. The number of aryl methyl sites for hydroxylation is 1. The largest absolute Gasteiger partial charge is 0.344 e. The molecule has 120 valence electrons. The number of rotatable bonds is 4. The van der Waals surface area contributed by atoms with Gasteiger partial charge in [-0.15, -0.1) is 0 Å². The van der Waals surface area contributed by atoms with Crippen molar-refractivity contribution < 1.29 is 9.59 Å². The summed E-state index contributed by atoms with van der Waals surface area (Å²) in [5, 5.41) is 5.34. The minimum atomic E-state index is -0.657. The SMILES string of the molecule is Cc1cccc(C(C)C)c1NC(=O)C(=O)NCc1ccncc1. The number of benzene rings is 1. The molecule has 0 unspecified atom stereocenters. The summed E-state index contributed by atoms with van der Waals surface area (Å²) in [6.07, 6.45) is 3.29. The molecule has 2 N–H and O–H groups in total. The Bertz CT molecular complexity index is 697. The quantitative estimate of drug-likeness (QED) is 0.853. The molecule has 0 aliphatic rings. The van der Waals surface area contributed by atoms with E-state index in [9.17, 15) is 9.59 Å². The molecular weight excluding hydrogens is 290 g/mol. The number of hydrogen-bond donors (Lipinski definition) is 2. The van der Waals surface area contributed by atoms with Crippen LogP contribution >= 0.6 is 0 Å². The molecular formula is C18H21N3O2. The molecule has 1 aromatic heterocycles. The van der Waals surface area contributed by atoms with Crippen LogP contribution < -0.4 is 10.6 Å². The zero-order chi connectivity index (χ0) is 16.8. The van der Waals surface area contributed by atoms with Gasteiger partial charge in [0.1, 0.15) is 0 Å². The Labute approximate surface area is 136 Å². The number of amides is 2. The number of anilines is 1. The van der Waals surface area contributed by atoms with E-state index < -0.39 is 11.8 Å². The van der Waals surface area contributed by atoms with Crippen LogP contribution in [0.2, 0.25) is 0 Å². The van der Waals surface area contributed by atoms with E-state index in [4.69, 9.17) is 0 Å². The monoisotopic (exact) mass is 311 g/mol. The molecule has 0 atom stereocenters. The second-order valence-electron chi connectivity index (χ2n) is 5.69. The number of carbonyl (C=O) groups excluding carboxylic acids is 2. The molecule has 2 aromatic rings. The van der Waals surface area contributed by atoms with E-state index in [0.29, 0.717) is 12.2 Å². The summed E-state index contributed by atoms with van der Waals surface area (Å²) in [5.74, 6) is -1.06. The zero-order valence-electron chi connectivity index (χ0n) is 13.6. The molecule has 0 aliphatic heterocycles. The first-order chi connectivity index (χ1) is 11.0. The van der Waals surface area contributed by atoms with E-state index in [1.165, 1.54) is 0 Å². The Hall–Kier alpha value is -2.69. The Morgan fingerprint density at radius 3 is 2.43 bits per heavy atom. The van der Waals surface area contributed by atoms with Crippen LogP contribution in [-0.2, 0) is 16.1 Å². The van der Waals surface area contributed by atoms with Crippen molar-refractivity contribution in [2.75, 3.05) is 5.32 Å². The van der Waals surface area contributed by atoms with Crippen molar-refractivity contribution in [3.8, 4) is 0 Å². The van der Waals surface area contributed by atoms with Gasteiger partial charge in [0.2, 0.25) is 0 Å². The van der Waals surface area contributed by atoms with E-state index in [2.05, 4.69) is 15.6 Å². The fourth-order valence-corrected chi connectivity index (χ4v) is 2.28. The average molecular weight is 311 g/mol. The van der Waals surface area contributed by atoms with Crippen LogP contribution in [0.4, 0.5) is 5.69 Å². The molecule has 1 heterocycles. The summed E-state index contributed by atoms with van der Waals surface area (Å²) in [7, 11) is 0. The van der Waals surface area contributed by atoms with Gasteiger partial charge in [0.15, 0.2) is 0 Å². The third-order valence-electron chi connectivity index (χ3n) is 3.57. The van der Waals surface area contributed by atoms with Crippen molar-refractivity contribution in [1.82, 2.24) is 10.3 Å². The Kier molecular flexibility index (Phi) is 5.46. The maximum absolute atomic E-state index is 12.1. The molecule has 2 rings (SSSR count). The summed E-state index contributed by atoms with van der Waals surface area (Å²) in [6.45, 7) is 6.30. The number of nitrogens with zero attached hydrogens (tertiary/aromatic N) is 1. The van der Waals surface area contributed by atoms with E-state index >= 15 is 0 Å². The van der Waals surface area contributed by atoms with Gasteiger partial charge in [-0.1, -0.05) is 32.0 Å². The lowest BCUT2D eigenvalue weighted by molar-refractivity contribution is -0.136. The first kappa shape index (κ1) is 16.7. The molecule has 1 aromatic carbocycles. The minimum absolute atomic E-state index is 0.255. The second-order valence-corrected chi connectivity index (χ2v) is 5.69. The standard InChI is InChI=1S/C18H21N3O2/c1-12(2)15-6-4-5-13(3)16(15)21-18(23)17(22)20-11-14-7-9-19-10-8-14/h4-10,12H,11H2,1-3H3,(H,20,22)(H,21,23). The van der Waals surface area contributed by atoms with Crippen LogP contribution in [0.3, 0.4) is 0 Å². The lowest BCUT2D eigenvalue weighted by atomic mass is 9.98. The van der Waals surface area contributed by atoms with Gasteiger partial charge in [0.25, 0.3) is 0 Å². The van der Waals surface area contributed by atoms with Crippen molar-refractivity contribution in [3.63, 3.8) is 0 Å². The Balaban J connectivity index is 2.03. The minimum Gasteiger partial charge on any atom is -0.344 e. The van der Waals surface area contributed by atoms with Crippen molar-refractivity contribution in [3.05, 3.63) is 59.4 Å². The highest BCUT2D eigenvalue weighted by Crippen LogP contribution is 2.27. The Morgan fingerprint density at radius 2 is 1.78 bits per heavy atom. The fourth-order valence-electron chi connectivity index (χ4n) is 2.28. The van der Waals surface area contributed by atoms with Crippen molar-refractivity contribution in [2.24, 2.45) is 0 Å². The maximum atomic E-state index is 12.1. The van der Waals surface area contributed by atoms with E-state index in [0.717, 1.165) is 16.7 Å². The summed E-state index contributed by atoms with van der Waals surface area (Å²) in [4.78, 5) is 28.0. The third kappa shape index (κ3) is 4.39. The van der Waals surface area contributed by atoms with Crippen LogP contribution in [0.25, 0.3) is 0 Å². The molecule has 0 radical (unpaired) electrons. The summed E-state index contributed by atoms with van der Waals surface area (Å²) in [5.41, 5.74) is 3.55. The molecule has 0 bridgehead atoms. The normalized spacial score (nSPS) is 10.4. The van der Waals surface area contributed by atoms with E-state index in [-0.39, 0.29) is 5.92 Å². The third-order valence-corrected chi connectivity index (χ3v) is 3.57. The Morgan fingerprint density at radius 1 is 1.09 bits per heavy atom. The smallest absolute Gasteiger partial charge is 0.313 e. The molecule has 0 aliphatic carbocycles. The molecule has 5 heteroatoms. The highest BCUT2D eigenvalue weighted by atomic mass is 16.2. The number of nitrogens with one attached hydrogen (secondary N) is 2. The van der Waals surface area contributed by atoms with Gasteiger partial charge in [-0.05, 0) is 41.7 Å². The lowest BCUT2D eigenvalue weighted by Gasteiger charge is -2.16. The summed E-state index contributed by atoms with van der Waals surface area (Å²) in [6, 6.07) is 9.40. The molecule has 0 saturated heterocycles. The molecule has 0 spiro atoms. The first-order valence-electron chi connectivity index (χ1n) is 7.56. The second kappa shape index (κ2) is 7.54. The maximum Gasteiger partial charge on any atom is 0.313 e. The first-order valence-corrected chi connectivity index (χ1v) is 7.56. The molecule has 0 saturated carbocycles. The number of carbonyl (C=O) groups is 2. The topological polar surface area (TPSA) is 71.1 Å². The number of aromatic nitrogens is 1. The van der Waals surface area contributed by atoms with Crippen molar-refractivity contribution >= 4 is 17.5 Å². The predicted molar refractivity (Wildman–Crippen MR) is 90.0 cm³/mol. The van der Waals surface area contributed by atoms with Crippen molar-refractivity contribution in [2.45, 2.75) is 33.2 Å². The van der Waals surface area contributed by atoms with Crippen LogP contribution in [0.5, 0.6) is 0 Å². The number of para-hydroxylation sites is 1. The zero-order valence-corrected chi connectivity index (χ0v) is 13.6. The van der Waals surface area contributed by atoms with Crippen LogP contribution in [0.1, 0.15) is 36.5 Å². The van der Waals surface area contributed by atoms with Crippen LogP contribution in [-0.4, -0.2) is 16.8 Å². The average Bonchev–Trinajstić information content (AvgIpc) is 2.55. The summed E-state index contributed by atoms with van der Waals surface area (Å²) < 4.78 is 0. The molecule has 23 heavy (non-hydrogen) atoms. The number of pyridine rings is 1. The van der Waals surface area contributed by atoms with Crippen LogP contribution in [0.15, 0.2) is 42.7 Å². The highest BCUT2D eigenvalue weighted by molar-refractivity contribution is 6.39. The van der Waals surface area contributed by atoms with Gasteiger partial charge < -0.3 is 10.6 Å². The van der Waals surface area contributed by atoms with Gasteiger partial charge >= 0.3 is 11.8 Å². The lowest BCUT2D eigenvalue weighted by Crippen LogP contribution is -2.35. The van der Waals surface area contributed by atoms with Gasteiger partial charge in [-0.2, -0.15) is 0 Å². The molecule has 5 nitrogen and oxygen atoms in total. The molecule has 0 fully saturated rings. The predicted octanol–water partition coefficient (Wildman–Crippen LogP) is 2.77. The van der Waals surface area contributed by atoms with Gasteiger partial charge in [-0.3, -0.25) is 14.6 Å². The highest BCUT2D eigenvalue weighted by Gasteiger charge is 2.17. The van der Waals surface area contributed by atoms with Crippen molar-refractivity contribution in [1.29, 1.82) is 0 Å². The van der Waals surface area contributed by atoms with E-state index in [1.54, 1.807) is 24.5 Å². The van der Waals surface area contributed by atoms with Crippen LogP contribution in [0, 0.1) is 6.92 Å². The summed E-state index contributed by atoms with van der Waals surface area (Å²) >= 11 is 0.